The van der Waals surface area contributed by atoms with Crippen LogP contribution in [0.2, 0.25) is 0 Å². The Hall–Kier alpha value is -1.14. The first-order valence-corrected chi connectivity index (χ1v) is 5.94. The van der Waals surface area contributed by atoms with Crippen LogP contribution in [0.15, 0.2) is 0 Å². The normalized spacial score (nSPS) is 18.6. The number of carbonyl (C=O) groups excluding carboxylic acids is 1. The van der Waals surface area contributed by atoms with E-state index in [0.717, 1.165) is 25.9 Å². The molecule has 0 spiro atoms. The molecule has 17 heavy (non-hydrogen) atoms. The van der Waals surface area contributed by atoms with Crippen LogP contribution in [0.3, 0.4) is 0 Å². The molecule has 1 heterocycles. The lowest BCUT2D eigenvalue weighted by Crippen LogP contribution is -2.39. The van der Waals surface area contributed by atoms with Gasteiger partial charge in [-0.1, -0.05) is 0 Å². The zero-order valence-electron chi connectivity index (χ0n) is 10.1. The van der Waals surface area contributed by atoms with Crippen molar-refractivity contribution in [2.45, 2.75) is 38.3 Å². The van der Waals surface area contributed by atoms with Crippen LogP contribution in [0.5, 0.6) is 0 Å². The fraction of sp³-hybridized carbons (Fsp3) is 0.818. The predicted molar refractivity (Wildman–Crippen MR) is 61.7 cm³/mol. The van der Waals surface area contributed by atoms with Gasteiger partial charge in [0.2, 0.25) is 5.91 Å². The number of carboxylic acid groups (broad SMARTS) is 1. The Kier molecular flexibility index (Phi) is 5.93. The highest BCUT2D eigenvalue weighted by molar-refractivity contribution is 5.83. The van der Waals surface area contributed by atoms with Crippen molar-refractivity contribution in [3.8, 4) is 0 Å². The second-order valence-electron chi connectivity index (χ2n) is 4.20. The monoisotopic (exact) mass is 244 g/mol. The molecule has 6 nitrogen and oxygen atoms in total. The van der Waals surface area contributed by atoms with Crippen molar-refractivity contribution >= 4 is 11.9 Å². The number of aliphatic carboxylic acids is 1. The highest BCUT2D eigenvalue weighted by Crippen LogP contribution is 2.07. The predicted octanol–water partition coefficient (Wildman–Crippen LogP) is -0.266. The lowest BCUT2D eigenvalue weighted by Gasteiger charge is -2.22. The summed E-state index contributed by atoms with van der Waals surface area (Å²) in [5.74, 6) is -1.31. The van der Waals surface area contributed by atoms with Crippen LogP contribution >= 0.6 is 0 Å². The minimum absolute atomic E-state index is 0.210. The molecule has 0 aromatic heterocycles. The summed E-state index contributed by atoms with van der Waals surface area (Å²) in [4.78, 5) is 21.8. The minimum atomic E-state index is -1.03. The molecule has 1 aliphatic rings. The minimum Gasteiger partial charge on any atom is -0.480 e. The van der Waals surface area contributed by atoms with E-state index < -0.39 is 12.0 Å². The van der Waals surface area contributed by atoms with Crippen LogP contribution in [-0.4, -0.2) is 48.8 Å². The van der Waals surface area contributed by atoms with Gasteiger partial charge in [-0.15, -0.1) is 0 Å². The lowest BCUT2D eigenvalue weighted by molar-refractivity contribution is -0.141. The van der Waals surface area contributed by atoms with E-state index in [9.17, 15) is 9.59 Å². The third-order valence-electron chi connectivity index (χ3n) is 2.72. The van der Waals surface area contributed by atoms with E-state index in [2.05, 4.69) is 10.6 Å². The summed E-state index contributed by atoms with van der Waals surface area (Å²) in [5.41, 5.74) is 0. The van der Waals surface area contributed by atoms with E-state index in [1.807, 2.05) is 0 Å². The first-order chi connectivity index (χ1) is 8.09. The van der Waals surface area contributed by atoms with Crippen LogP contribution in [-0.2, 0) is 14.3 Å². The summed E-state index contributed by atoms with van der Waals surface area (Å²) in [5, 5.41) is 14.2. The molecule has 6 heteroatoms. The quantitative estimate of drug-likeness (QED) is 0.599. The number of hydrogen-bond acceptors (Lipinski definition) is 4. The maximum atomic E-state index is 11.3. The fourth-order valence-corrected chi connectivity index (χ4v) is 1.66. The molecule has 3 N–H and O–H groups in total. The molecule has 0 saturated carbocycles. The largest absolute Gasteiger partial charge is 0.480 e. The van der Waals surface area contributed by atoms with Gasteiger partial charge in [-0.05, 0) is 32.9 Å². The van der Waals surface area contributed by atoms with Gasteiger partial charge in [0.25, 0.3) is 0 Å². The molecule has 0 radical (unpaired) electrons. The average Bonchev–Trinajstić information content (AvgIpc) is 2.30. The third kappa shape index (κ3) is 5.65. The Morgan fingerprint density at radius 1 is 1.47 bits per heavy atom. The van der Waals surface area contributed by atoms with Crippen molar-refractivity contribution in [1.29, 1.82) is 0 Å². The molecule has 0 bridgehead atoms. The number of amides is 1. The van der Waals surface area contributed by atoms with Crippen LogP contribution in [0.1, 0.15) is 26.2 Å². The number of ether oxygens (including phenoxy) is 1. The van der Waals surface area contributed by atoms with Crippen molar-refractivity contribution in [2.24, 2.45) is 0 Å². The van der Waals surface area contributed by atoms with E-state index in [0.29, 0.717) is 6.61 Å². The van der Waals surface area contributed by atoms with Gasteiger partial charge in [0.05, 0.1) is 12.7 Å². The van der Waals surface area contributed by atoms with Gasteiger partial charge < -0.3 is 20.5 Å². The first kappa shape index (κ1) is 13.9. The highest BCUT2D eigenvalue weighted by atomic mass is 16.5. The van der Waals surface area contributed by atoms with Crippen molar-refractivity contribution in [3.05, 3.63) is 0 Å². The van der Waals surface area contributed by atoms with E-state index in [-0.39, 0.29) is 18.4 Å². The number of nitrogens with one attached hydrogen (secondary N) is 2. The molecule has 0 aromatic carbocycles. The number of carbonyl (C=O) groups is 2. The van der Waals surface area contributed by atoms with E-state index in [4.69, 9.17) is 9.84 Å². The maximum Gasteiger partial charge on any atom is 0.325 e. The molecule has 0 aromatic rings. The summed E-state index contributed by atoms with van der Waals surface area (Å²) < 4.78 is 5.55. The Morgan fingerprint density at radius 2 is 2.12 bits per heavy atom. The van der Waals surface area contributed by atoms with Gasteiger partial charge >= 0.3 is 5.97 Å². The summed E-state index contributed by atoms with van der Waals surface area (Å²) >= 11 is 0. The Balaban J connectivity index is 2.09. The Bertz CT molecular complexity index is 264. The number of hydrogen-bond donors (Lipinski definition) is 3. The van der Waals surface area contributed by atoms with Gasteiger partial charge in [0.1, 0.15) is 6.04 Å². The fourth-order valence-electron chi connectivity index (χ4n) is 1.66. The second-order valence-corrected chi connectivity index (χ2v) is 4.20. The van der Waals surface area contributed by atoms with Crippen LogP contribution in [0, 0.1) is 0 Å². The van der Waals surface area contributed by atoms with E-state index >= 15 is 0 Å². The highest BCUT2D eigenvalue weighted by Gasteiger charge is 2.16. The SMILES string of the molecule is C[C@@H](NC(=O)CCOC1CCNCC1)C(=O)O. The smallest absolute Gasteiger partial charge is 0.325 e. The maximum absolute atomic E-state index is 11.3. The molecular formula is C11H20N2O4. The molecule has 1 saturated heterocycles. The zero-order chi connectivity index (χ0) is 12.7. The Morgan fingerprint density at radius 3 is 2.71 bits per heavy atom. The summed E-state index contributed by atoms with van der Waals surface area (Å²) in [6.45, 7) is 3.69. The van der Waals surface area contributed by atoms with Gasteiger partial charge in [0, 0.05) is 6.42 Å². The van der Waals surface area contributed by atoms with Crippen LogP contribution < -0.4 is 10.6 Å². The van der Waals surface area contributed by atoms with E-state index in [1.165, 1.54) is 6.92 Å². The second kappa shape index (κ2) is 7.24. The van der Waals surface area contributed by atoms with Crippen LogP contribution in [0.4, 0.5) is 0 Å². The van der Waals surface area contributed by atoms with Crippen molar-refractivity contribution in [3.63, 3.8) is 0 Å². The number of rotatable bonds is 6. The lowest BCUT2D eigenvalue weighted by atomic mass is 10.1. The van der Waals surface area contributed by atoms with Crippen molar-refractivity contribution in [1.82, 2.24) is 10.6 Å². The molecule has 0 aliphatic carbocycles. The molecular weight excluding hydrogens is 224 g/mol. The van der Waals surface area contributed by atoms with Gasteiger partial charge in [0.15, 0.2) is 0 Å². The first-order valence-electron chi connectivity index (χ1n) is 5.94. The third-order valence-corrected chi connectivity index (χ3v) is 2.72. The average molecular weight is 244 g/mol. The van der Waals surface area contributed by atoms with Gasteiger partial charge in [-0.25, -0.2) is 0 Å². The molecule has 1 aliphatic heterocycles. The molecule has 1 amide bonds. The molecule has 1 atom stereocenters. The zero-order valence-corrected chi connectivity index (χ0v) is 10.1. The molecule has 1 fully saturated rings. The number of piperidine rings is 1. The van der Waals surface area contributed by atoms with Gasteiger partial charge in [-0.2, -0.15) is 0 Å². The van der Waals surface area contributed by atoms with E-state index in [1.54, 1.807) is 0 Å². The Labute approximate surface area is 101 Å². The van der Waals surface area contributed by atoms with Crippen molar-refractivity contribution in [2.75, 3.05) is 19.7 Å². The molecule has 98 valence electrons. The summed E-state index contributed by atoms with van der Waals surface area (Å²) in [6.07, 6.45) is 2.36. The number of carboxylic acids is 1. The standard InChI is InChI=1S/C11H20N2O4/c1-8(11(15)16)13-10(14)4-7-17-9-2-5-12-6-3-9/h8-9,12H,2-7H2,1H3,(H,13,14)(H,15,16)/t8-/m1/s1. The van der Waals surface area contributed by atoms with Crippen molar-refractivity contribution < 1.29 is 19.4 Å². The van der Waals surface area contributed by atoms with Gasteiger partial charge in [-0.3, -0.25) is 9.59 Å². The van der Waals surface area contributed by atoms with Crippen LogP contribution in [0.25, 0.3) is 0 Å². The summed E-state index contributed by atoms with van der Waals surface area (Å²) in [7, 11) is 0. The molecule has 1 rings (SSSR count). The molecule has 0 unspecified atom stereocenters. The topological polar surface area (TPSA) is 87.7 Å². The summed E-state index contributed by atoms with van der Waals surface area (Å²) in [6, 6.07) is -0.846.